The summed E-state index contributed by atoms with van der Waals surface area (Å²) in [5, 5.41) is 6.34. The van der Waals surface area contributed by atoms with Crippen molar-refractivity contribution in [1.29, 1.82) is 0 Å². The normalized spacial score (nSPS) is 19.7. The van der Waals surface area contributed by atoms with Gasteiger partial charge in [0, 0.05) is 17.4 Å². The maximum absolute atomic E-state index is 11.7. The Morgan fingerprint density at radius 1 is 1.13 bits per heavy atom. The Kier molecular flexibility index (Phi) is 5.88. The summed E-state index contributed by atoms with van der Waals surface area (Å²) in [6.07, 6.45) is 3.16. The van der Waals surface area contributed by atoms with Crippen molar-refractivity contribution in [2.24, 2.45) is 0 Å². The van der Waals surface area contributed by atoms with Crippen LogP contribution >= 0.6 is 0 Å². The van der Waals surface area contributed by atoms with E-state index in [1.807, 2.05) is 45.0 Å². The molecule has 0 radical (unpaired) electrons. The lowest BCUT2D eigenvalue weighted by Crippen LogP contribution is -2.27. The van der Waals surface area contributed by atoms with Crippen molar-refractivity contribution in [3.8, 4) is 0 Å². The predicted octanol–water partition coefficient (Wildman–Crippen LogP) is 3.93. The van der Waals surface area contributed by atoms with Crippen LogP contribution in [0.25, 0.3) is 0 Å². The third-order valence-corrected chi connectivity index (χ3v) is 3.85. The highest BCUT2D eigenvalue weighted by atomic mass is 16.6. The second-order valence-corrected chi connectivity index (χ2v) is 7.28. The maximum Gasteiger partial charge on any atom is 0.412 e. The van der Waals surface area contributed by atoms with Crippen LogP contribution in [0.15, 0.2) is 24.3 Å². The Bertz CT molecular complexity index is 508. The molecule has 0 spiro atoms. The minimum Gasteiger partial charge on any atom is -0.444 e. The van der Waals surface area contributed by atoms with Gasteiger partial charge in [0.2, 0.25) is 0 Å². The summed E-state index contributed by atoms with van der Waals surface area (Å²) in [5.41, 5.74) is 1.35. The Hall–Kier alpha value is -1.75. The van der Waals surface area contributed by atoms with Crippen molar-refractivity contribution in [3.05, 3.63) is 24.3 Å². The number of nitrogens with one attached hydrogen (secondary N) is 2. The molecule has 1 aromatic rings. The molecule has 1 unspecified atom stereocenters. The fraction of sp³-hybridized carbons (Fsp3) is 0.611. The van der Waals surface area contributed by atoms with Crippen molar-refractivity contribution in [1.82, 2.24) is 4.90 Å². The summed E-state index contributed by atoms with van der Waals surface area (Å²) in [7, 11) is 2.18. The molecular formula is C18H29N3O2. The molecule has 1 aromatic carbocycles. The average Bonchev–Trinajstić information content (AvgIpc) is 2.64. The van der Waals surface area contributed by atoms with Gasteiger partial charge < -0.3 is 15.0 Å². The smallest absolute Gasteiger partial charge is 0.412 e. The van der Waals surface area contributed by atoms with Crippen molar-refractivity contribution in [3.63, 3.8) is 0 Å². The molecule has 0 aliphatic carbocycles. The molecule has 23 heavy (non-hydrogen) atoms. The Morgan fingerprint density at radius 3 is 2.43 bits per heavy atom. The molecule has 1 heterocycles. The van der Waals surface area contributed by atoms with Gasteiger partial charge >= 0.3 is 6.09 Å². The number of anilines is 2. The molecule has 2 N–H and O–H groups in total. The van der Waals surface area contributed by atoms with Crippen LogP contribution in [-0.2, 0) is 4.74 Å². The molecule has 1 fully saturated rings. The molecule has 2 rings (SSSR count). The predicted molar refractivity (Wildman–Crippen MR) is 95.1 cm³/mol. The molecule has 0 aromatic heterocycles. The number of carbonyl (C=O) groups excluding carboxylic acids is 1. The SMILES string of the molecule is CN1CCCC(Nc2ccc(NC(=O)OC(C)(C)C)cc2)CC1. The van der Waals surface area contributed by atoms with Gasteiger partial charge in [0.15, 0.2) is 0 Å². The van der Waals surface area contributed by atoms with Gasteiger partial charge in [-0.1, -0.05) is 0 Å². The van der Waals surface area contributed by atoms with E-state index in [4.69, 9.17) is 4.74 Å². The van der Waals surface area contributed by atoms with Gasteiger partial charge in [0.1, 0.15) is 5.60 Å². The monoisotopic (exact) mass is 319 g/mol. The van der Waals surface area contributed by atoms with E-state index >= 15 is 0 Å². The van der Waals surface area contributed by atoms with Crippen LogP contribution in [-0.4, -0.2) is 42.8 Å². The Labute approximate surface area is 139 Å². The summed E-state index contributed by atoms with van der Waals surface area (Å²) >= 11 is 0. The number of nitrogens with zero attached hydrogens (tertiary/aromatic N) is 1. The summed E-state index contributed by atoms with van der Waals surface area (Å²) in [5.74, 6) is 0. The van der Waals surface area contributed by atoms with Gasteiger partial charge in [0.05, 0.1) is 0 Å². The number of ether oxygens (including phenoxy) is 1. The largest absolute Gasteiger partial charge is 0.444 e. The Morgan fingerprint density at radius 2 is 1.78 bits per heavy atom. The van der Waals surface area contributed by atoms with Crippen LogP contribution in [0, 0.1) is 0 Å². The number of hydrogen-bond acceptors (Lipinski definition) is 4. The minimum atomic E-state index is -0.488. The number of hydrogen-bond donors (Lipinski definition) is 2. The molecular weight excluding hydrogens is 290 g/mol. The van der Waals surface area contributed by atoms with Crippen molar-refractivity contribution >= 4 is 17.5 Å². The van der Waals surface area contributed by atoms with Gasteiger partial charge in [-0.3, -0.25) is 5.32 Å². The molecule has 1 amide bonds. The van der Waals surface area contributed by atoms with E-state index in [9.17, 15) is 4.79 Å². The molecule has 1 aliphatic heterocycles. The van der Waals surface area contributed by atoms with Crippen LogP contribution < -0.4 is 10.6 Å². The number of carbonyl (C=O) groups is 1. The number of likely N-dealkylation sites (tertiary alicyclic amines) is 1. The highest BCUT2D eigenvalue weighted by Crippen LogP contribution is 2.19. The first-order valence-corrected chi connectivity index (χ1v) is 8.37. The van der Waals surface area contributed by atoms with Gasteiger partial charge in [-0.15, -0.1) is 0 Å². The highest BCUT2D eigenvalue weighted by Gasteiger charge is 2.17. The van der Waals surface area contributed by atoms with Gasteiger partial charge in [-0.2, -0.15) is 0 Å². The van der Waals surface area contributed by atoms with Crippen molar-refractivity contribution < 1.29 is 9.53 Å². The zero-order chi connectivity index (χ0) is 16.9. The third-order valence-electron chi connectivity index (χ3n) is 3.85. The topological polar surface area (TPSA) is 53.6 Å². The van der Waals surface area contributed by atoms with E-state index in [0.717, 1.165) is 24.3 Å². The van der Waals surface area contributed by atoms with Crippen molar-refractivity contribution in [2.45, 2.75) is 51.7 Å². The van der Waals surface area contributed by atoms with Crippen LogP contribution in [0.5, 0.6) is 0 Å². The van der Waals surface area contributed by atoms with Crippen molar-refractivity contribution in [2.75, 3.05) is 30.8 Å². The lowest BCUT2D eigenvalue weighted by molar-refractivity contribution is 0.0636. The summed E-state index contributed by atoms with van der Waals surface area (Å²) < 4.78 is 5.25. The first-order valence-electron chi connectivity index (χ1n) is 8.37. The molecule has 1 atom stereocenters. The quantitative estimate of drug-likeness (QED) is 0.886. The second kappa shape index (κ2) is 7.68. The minimum absolute atomic E-state index is 0.426. The highest BCUT2D eigenvalue weighted by molar-refractivity contribution is 5.85. The number of benzene rings is 1. The van der Waals surface area contributed by atoms with Crippen LogP contribution in [0.3, 0.4) is 0 Å². The third kappa shape index (κ3) is 6.48. The number of amides is 1. The average molecular weight is 319 g/mol. The van der Waals surface area contributed by atoms with Crippen LogP contribution in [0.1, 0.15) is 40.0 Å². The molecule has 1 aliphatic rings. The maximum atomic E-state index is 11.7. The van der Waals surface area contributed by atoms with E-state index in [2.05, 4.69) is 22.6 Å². The molecule has 5 heteroatoms. The van der Waals surface area contributed by atoms with E-state index in [-0.39, 0.29) is 0 Å². The van der Waals surface area contributed by atoms with Gasteiger partial charge in [-0.05, 0) is 84.4 Å². The zero-order valence-corrected chi connectivity index (χ0v) is 14.7. The molecule has 128 valence electrons. The van der Waals surface area contributed by atoms with E-state index in [1.165, 1.54) is 19.4 Å². The summed E-state index contributed by atoms with van der Waals surface area (Å²) in [4.78, 5) is 14.1. The van der Waals surface area contributed by atoms with Gasteiger partial charge in [-0.25, -0.2) is 4.79 Å². The molecule has 1 saturated heterocycles. The molecule has 5 nitrogen and oxygen atoms in total. The van der Waals surface area contributed by atoms with Gasteiger partial charge in [0.25, 0.3) is 0 Å². The standard InChI is InChI=1S/C18H29N3O2/c1-18(2,3)23-17(22)20-16-9-7-15(8-10-16)19-14-6-5-12-21(4)13-11-14/h7-10,14,19H,5-6,11-13H2,1-4H3,(H,20,22). The summed E-state index contributed by atoms with van der Waals surface area (Å²) in [6, 6.07) is 8.32. The van der Waals surface area contributed by atoms with Crippen LogP contribution in [0.2, 0.25) is 0 Å². The second-order valence-electron chi connectivity index (χ2n) is 7.28. The first-order chi connectivity index (χ1) is 10.8. The summed E-state index contributed by atoms with van der Waals surface area (Å²) in [6.45, 7) is 7.87. The first kappa shape index (κ1) is 17.6. The molecule has 0 saturated carbocycles. The Balaban J connectivity index is 1.85. The van der Waals surface area contributed by atoms with E-state index in [1.54, 1.807) is 0 Å². The van der Waals surface area contributed by atoms with E-state index < -0.39 is 11.7 Å². The lowest BCUT2D eigenvalue weighted by atomic mass is 10.1. The fourth-order valence-corrected chi connectivity index (χ4v) is 2.69. The fourth-order valence-electron chi connectivity index (χ4n) is 2.69. The van der Waals surface area contributed by atoms with E-state index in [0.29, 0.717) is 6.04 Å². The zero-order valence-electron chi connectivity index (χ0n) is 14.7. The lowest BCUT2D eigenvalue weighted by Gasteiger charge is -2.20. The van der Waals surface area contributed by atoms with Crippen LogP contribution in [0.4, 0.5) is 16.2 Å². The number of rotatable bonds is 3. The molecule has 0 bridgehead atoms.